The average Bonchev–Trinajstić information content (AvgIpc) is 2.91. The Kier molecular flexibility index (Phi) is 4.84. The minimum atomic E-state index is -4.42. The van der Waals surface area contributed by atoms with Crippen molar-refractivity contribution in [3.05, 3.63) is 18.2 Å². The van der Waals surface area contributed by atoms with Crippen LogP contribution in [0.2, 0.25) is 0 Å². The molecule has 1 aliphatic heterocycles. The number of rotatable bonds is 4. The number of alkyl halides is 3. The Labute approximate surface area is 119 Å². The second-order valence-corrected chi connectivity index (χ2v) is 4.92. The van der Waals surface area contributed by atoms with Gasteiger partial charge in [0.2, 0.25) is 5.91 Å². The van der Waals surface area contributed by atoms with Crippen molar-refractivity contribution in [1.29, 1.82) is 0 Å². The van der Waals surface area contributed by atoms with Crippen molar-refractivity contribution in [3.8, 4) is 0 Å². The molecule has 21 heavy (non-hydrogen) atoms. The lowest BCUT2D eigenvalue weighted by Crippen LogP contribution is -2.50. The first-order chi connectivity index (χ1) is 9.87. The summed E-state index contributed by atoms with van der Waals surface area (Å²) in [5, 5.41) is 0. The minimum absolute atomic E-state index is 0.0969. The van der Waals surface area contributed by atoms with Gasteiger partial charge in [-0.3, -0.25) is 9.69 Å². The lowest BCUT2D eigenvalue weighted by atomic mass is 10.1. The first-order valence-corrected chi connectivity index (χ1v) is 6.48. The van der Waals surface area contributed by atoms with Crippen LogP contribution in [0.25, 0.3) is 0 Å². The maximum Gasteiger partial charge on any atom is 0.411 e. The highest BCUT2D eigenvalue weighted by atomic mass is 19.4. The van der Waals surface area contributed by atoms with E-state index in [1.807, 2.05) is 11.9 Å². The van der Waals surface area contributed by atoms with E-state index < -0.39 is 25.3 Å². The van der Waals surface area contributed by atoms with Gasteiger partial charge in [-0.15, -0.1) is 0 Å². The van der Waals surface area contributed by atoms with E-state index in [2.05, 4.69) is 14.7 Å². The van der Waals surface area contributed by atoms with Crippen LogP contribution in [0.3, 0.4) is 0 Å². The topological polar surface area (TPSA) is 61.5 Å². The lowest BCUT2D eigenvalue weighted by molar-refractivity contribution is -0.178. The smallest absolute Gasteiger partial charge is 0.362 e. The molecule has 0 bridgehead atoms. The van der Waals surface area contributed by atoms with Gasteiger partial charge in [0, 0.05) is 32.0 Å². The number of aromatic nitrogens is 2. The first kappa shape index (κ1) is 15.8. The summed E-state index contributed by atoms with van der Waals surface area (Å²) in [4.78, 5) is 22.6. The van der Waals surface area contributed by atoms with Crippen LogP contribution in [-0.2, 0) is 9.53 Å². The van der Waals surface area contributed by atoms with Crippen LogP contribution in [0.1, 0.15) is 11.9 Å². The molecule has 1 saturated heterocycles. The van der Waals surface area contributed by atoms with Gasteiger partial charge in [-0.05, 0) is 7.05 Å². The molecule has 0 unspecified atom stereocenters. The molecule has 1 aromatic rings. The summed E-state index contributed by atoms with van der Waals surface area (Å²) in [6, 6.07) is -0.0969. The highest BCUT2D eigenvalue weighted by molar-refractivity contribution is 5.77. The fourth-order valence-electron chi connectivity index (χ4n) is 2.20. The molecule has 6 nitrogen and oxygen atoms in total. The standard InChI is InChI=1S/C12H17F3N4O2/c1-18-4-5-19(6-9(18)11-16-2-3-17-11)10(20)7-21-8-12(13,14)15/h2-3,9H,4-8H2,1H3,(H,16,17)/t9-/m0/s1. The van der Waals surface area contributed by atoms with Crippen molar-refractivity contribution >= 4 is 5.91 Å². The molecule has 2 rings (SSSR count). The number of carbonyl (C=O) groups excluding carboxylic acids is 1. The van der Waals surface area contributed by atoms with Gasteiger partial charge >= 0.3 is 6.18 Å². The summed E-state index contributed by atoms with van der Waals surface area (Å²) < 4.78 is 40.3. The summed E-state index contributed by atoms with van der Waals surface area (Å²) in [5.74, 6) is 0.287. The lowest BCUT2D eigenvalue weighted by Gasteiger charge is -2.38. The van der Waals surface area contributed by atoms with Crippen LogP contribution in [-0.4, -0.2) is 71.7 Å². The molecule has 0 saturated carbocycles. The third-order valence-corrected chi connectivity index (χ3v) is 3.33. The SMILES string of the molecule is CN1CCN(C(=O)COCC(F)(F)F)C[C@H]1c1ncc[nH]1. The number of hydrogen-bond acceptors (Lipinski definition) is 4. The zero-order valence-corrected chi connectivity index (χ0v) is 11.6. The van der Waals surface area contributed by atoms with E-state index in [1.165, 1.54) is 4.90 Å². The minimum Gasteiger partial charge on any atom is -0.362 e. The molecule has 118 valence electrons. The van der Waals surface area contributed by atoms with Crippen molar-refractivity contribution in [2.75, 3.05) is 39.9 Å². The Morgan fingerprint density at radius 2 is 2.29 bits per heavy atom. The van der Waals surface area contributed by atoms with E-state index in [4.69, 9.17) is 0 Å². The van der Waals surface area contributed by atoms with Crippen LogP contribution < -0.4 is 0 Å². The van der Waals surface area contributed by atoms with Crippen LogP contribution >= 0.6 is 0 Å². The summed E-state index contributed by atoms with van der Waals surface area (Å²) >= 11 is 0. The number of imidazole rings is 1. The van der Waals surface area contributed by atoms with Gasteiger partial charge in [-0.25, -0.2) is 4.98 Å². The molecule has 9 heteroatoms. The number of amides is 1. The highest BCUT2D eigenvalue weighted by Gasteiger charge is 2.31. The second-order valence-electron chi connectivity index (χ2n) is 4.92. The molecule has 1 atom stereocenters. The number of H-pyrrole nitrogens is 1. The number of carbonyl (C=O) groups is 1. The Morgan fingerprint density at radius 3 is 2.90 bits per heavy atom. The highest BCUT2D eigenvalue weighted by Crippen LogP contribution is 2.21. The van der Waals surface area contributed by atoms with Crippen LogP contribution in [0.4, 0.5) is 13.2 Å². The molecule has 0 aliphatic carbocycles. The fraction of sp³-hybridized carbons (Fsp3) is 0.667. The van der Waals surface area contributed by atoms with E-state index >= 15 is 0 Å². The second kappa shape index (κ2) is 6.44. The van der Waals surface area contributed by atoms with E-state index in [0.717, 1.165) is 5.82 Å². The Morgan fingerprint density at radius 1 is 1.52 bits per heavy atom. The predicted octanol–water partition coefficient (Wildman–Crippen LogP) is 0.804. The van der Waals surface area contributed by atoms with Gasteiger partial charge in [-0.2, -0.15) is 13.2 Å². The number of nitrogens with zero attached hydrogens (tertiary/aromatic N) is 3. The van der Waals surface area contributed by atoms with Crippen molar-refractivity contribution in [2.24, 2.45) is 0 Å². The summed E-state index contributed by atoms with van der Waals surface area (Å²) in [6.45, 7) is -0.515. The van der Waals surface area contributed by atoms with Gasteiger partial charge in [0.15, 0.2) is 0 Å². The molecule has 0 aromatic carbocycles. The Hall–Kier alpha value is -1.61. The third-order valence-electron chi connectivity index (χ3n) is 3.33. The van der Waals surface area contributed by atoms with E-state index in [-0.39, 0.29) is 6.04 Å². The molecule has 2 heterocycles. The zero-order chi connectivity index (χ0) is 15.5. The normalized spacial score (nSPS) is 20.8. The monoisotopic (exact) mass is 306 g/mol. The molecule has 1 aliphatic rings. The van der Waals surface area contributed by atoms with Crippen LogP contribution in [0, 0.1) is 0 Å². The molecule has 0 spiro atoms. The molecule has 0 radical (unpaired) electrons. The summed E-state index contributed by atoms with van der Waals surface area (Å²) in [7, 11) is 1.91. The van der Waals surface area contributed by atoms with Crippen LogP contribution in [0.5, 0.6) is 0 Å². The van der Waals surface area contributed by atoms with Crippen molar-refractivity contribution in [2.45, 2.75) is 12.2 Å². The molecule has 1 N–H and O–H groups in total. The quantitative estimate of drug-likeness (QED) is 0.894. The number of hydrogen-bond donors (Lipinski definition) is 1. The maximum absolute atomic E-state index is 12.0. The number of aromatic amines is 1. The molecule has 1 fully saturated rings. The number of piperazine rings is 1. The zero-order valence-electron chi connectivity index (χ0n) is 11.6. The molecule has 1 amide bonds. The van der Waals surface area contributed by atoms with Crippen molar-refractivity contribution in [1.82, 2.24) is 19.8 Å². The molecular weight excluding hydrogens is 289 g/mol. The average molecular weight is 306 g/mol. The van der Waals surface area contributed by atoms with Gasteiger partial charge in [0.05, 0.1) is 6.04 Å². The van der Waals surface area contributed by atoms with Crippen LogP contribution in [0.15, 0.2) is 12.4 Å². The third kappa shape index (κ3) is 4.43. The number of halogens is 3. The maximum atomic E-state index is 12.0. The van der Waals surface area contributed by atoms with Crippen molar-refractivity contribution < 1.29 is 22.7 Å². The molecular formula is C12H17F3N4O2. The predicted molar refractivity (Wildman–Crippen MR) is 67.4 cm³/mol. The summed E-state index contributed by atoms with van der Waals surface area (Å²) in [5.41, 5.74) is 0. The fourth-order valence-corrected chi connectivity index (χ4v) is 2.20. The molecule has 1 aromatic heterocycles. The van der Waals surface area contributed by atoms with Gasteiger partial charge < -0.3 is 14.6 Å². The van der Waals surface area contributed by atoms with E-state index in [1.54, 1.807) is 12.4 Å². The first-order valence-electron chi connectivity index (χ1n) is 6.48. The van der Waals surface area contributed by atoms with Gasteiger partial charge in [-0.1, -0.05) is 0 Å². The number of nitrogens with one attached hydrogen (secondary N) is 1. The summed E-state index contributed by atoms with van der Waals surface area (Å²) in [6.07, 6.45) is -1.11. The number of likely N-dealkylation sites (N-methyl/N-ethyl adjacent to an activating group) is 1. The van der Waals surface area contributed by atoms with E-state index in [0.29, 0.717) is 19.6 Å². The van der Waals surface area contributed by atoms with Gasteiger partial charge in [0.1, 0.15) is 19.0 Å². The van der Waals surface area contributed by atoms with E-state index in [9.17, 15) is 18.0 Å². The number of ether oxygens (including phenoxy) is 1. The largest absolute Gasteiger partial charge is 0.411 e. The Balaban J connectivity index is 1.87. The Bertz CT molecular complexity index is 464. The van der Waals surface area contributed by atoms with Gasteiger partial charge in [0.25, 0.3) is 0 Å². The van der Waals surface area contributed by atoms with Crippen molar-refractivity contribution in [3.63, 3.8) is 0 Å².